The van der Waals surface area contributed by atoms with Crippen LogP contribution in [0.5, 0.6) is 17.8 Å². The van der Waals surface area contributed by atoms with Crippen LogP contribution in [0.15, 0.2) is 60.2 Å². The summed E-state index contributed by atoms with van der Waals surface area (Å²) in [6, 6.07) is 10.4. The SMILES string of the molecule is COc1cc(OC)nc(O[C@H](C(=O)O)C(OC)(C2=CCCC=C2)c2ccccc2)n1. The molecule has 0 spiro atoms. The van der Waals surface area contributed by atoms with Gasteiger partial charge in [0.2, 0.25) is 17.9 Å². The molecule has 8 nitrogen and oxygen atoms in total. The van der Waals surface area contributed by atoms with Crippen LogP contribution in [0.4, 0.5) is 0 Å². The topological polar surface area (TPSA) is 100 Å². The minimum Gasteiger partial charge on any atom is -0.481 e. The third-order valence-electron chi connectivity index (χ3n) is 4.84. The number of aromatic nitrogens is 2. The molecule has 2 aromatic rings. The highest BCUT2D eigenvalue weighted by Gasteiger charge is 2.50. The van der Waals surface area contributed by atoms with Gasteiger partial charge in [-0.15, -0.1) is 0 Å². The largest absolute Gasteiger partial charge is 0.481 e. The lowest BCUT2D eigenvalue weighted by Crippen LogP contribution is -2.51. The highest BCUT2D eigenvalue weighted by atomic mass is 16.6. The van der Waals surface area contributed by atoms with Gasteiger partial charge in [-0.1, -0.05) is 48.6 Å². The van der Waals surface area contributed by atoms with Crippen molar-refractivity contribution in [1.82, 2.24) is 9.97 Å². The monoisotopic (exact) mass is 412 g/mol. The van der Waals surface area contributed by atoms with Gasteiger partial charge in [0.25, 0.3) is 0 Å². The molecule has 1 heterocycles. The number of ether oxygens (including phenoxy) is 4. The van der Waals surface area contributed by atoms with Crippen LogP contribution in [0.2, 0.25) is 0 Å². The molecule has 1 N–H and O–H groups in total. The number of aliphatic carboxylic acids is 1. The van der Waals surface area contributed by atoms with E-state index in [1.54, 1.807) is 12.1 Å². The molecular weight excluding hydrogens is 388 g/mol. The number of allylic oxidation sites excluding steroid dienone is 2. The fraction of sp³-hybridized carbons (Fsp3) is 0.318. The van der Waals surface area contributed by atoms with Gasteiger partial charge in [0, 0.05) is 7.11 Å². The van der Waals surface area contributed by atoms with Crippen molar-refractivity contribution in [2.24, 2.45) is 0 Å². The molecule has 0 radical (unpaired) electrons. The lowest BCUT2D eigenvalue weighted by molar-refractivity contribution is -0.161. The molecule has 2 atom stereocenters. The number of carbonyl (C=O) groups is 1. The molecule has 158 valence electrons. The standard InChI is InChI=1S/C22H24N2O6/c1-27-17-14-18(28-2)24-21(23-17)30-19(20(25)26)22(29-3,15-10-6-4-7-11-15)16-12-8-5-9-13-16/h4,6-8,10-14,19H,5,9H2,1-3H3,(H,25,26)/t19-,22?/m1/s1. The Morgan fingerprint density at radius 1 is 1.07 bits per heavy atom. The highest BCUT2D eigenvalue weighted by Crippen LogP contribution is 2.41. The van der Waals surface area contributed by atoms with E-state index in [-0.39, 0.29) is 17.8 Å². The molecule has 1 unspecified atom stereocenters. The van der Waals surface area contributed by atoms with Crippen molar-refractivity contribution in [3.05, 3.63) is 65.8 Å². The molecule has 0 saturated carbocycles. The Labute approximate surface area is 174 Å². The summed E-state index contributed by atoms with van der Waals surface area (Å²) in [5.41, 5.74) is -0.110. The molecule has 3 rings (SSSR count). The van der Waals surface area contributed by atoms with E-state index in [0.717, 1.165) is 12.8 Å². The summed E-state index contributed by atoms with van der Waals surface area (Å²) in [5.74, 6) is -0.869. The zero-order chi connectivity index (χ0) is 21.6. The first-order valence-electron chi connectivity index (χ1n) is 9.39. The van der Waals surface area contributed by atoms with Gasteiger partial charge < -0.3 is 24.1 Å². The van der Waals surface area contributed by atoms with E-state index in [9.17, 15) is 9.90 Å². The molecule has 0 amide bonds. The average molecular weight is 412 g/mol. The second kappa shape index (κ2) is 9.41. The lowest BCUT2D eigenvalue weighted by Gasteiger charge is -2.39. The lowest BCUT2D eigenvalue weighted by atomic mass is 9.78. The minimum atomic E-state index is -1.49. The number of hydrogen-bond acceptors (Lipinski definition) is 7. The molecule has 8 heteroatoms. The summed E-state index contributed by atoms with van der Waals surface area (Å²) in [6.45, 7) is 0. The number of methoxy groups -OCH3 is 3. The van der Waals surface area contributed by atoms with Crippen molar-refractivity contribution in [3.8, 4) is 17.8 Å². The quantitative estimate of drug-likeness (QED) is 0.671. The number of hydrogen-bond donors (Lipinski definition) is 1. The van der Waals surface area contributed by atoms with Crippen LogP contribution >= 0.6 is 0 Å². The maximum atomic E-state index is 12.5. The van der Waals surface area contributed by atoms with Gasteiger partial charge in [-0.3, -0.25) is 0 Å². The number of nitrogens with zero attached hydrogens (tertiary/aromatic N) is 2. The second-order valence-electron chi connectivity index (χ2n) is 6.52. The molecule has 1 aromatic carbocycles. The second-order valence-corrected chi connectivity index (χ2v) is 6.52. The highest BCUT2D eigenvalue weighted by molar-refractivity contribution is 5.76. The predicted octanol–water partition coefficient (Wildman–Crippen LogP) is 3.14. The van der Waals surface area contributed by atoms with Crippen LogP contribution in [0.3, 0.4) is 0 Å². The maximum absolute atomic E-state index is 12.5. The zero-order valence-electron chi connectivity index (χ0n) is 17.1. The van der Waals surface area contributed by atoms with E-state index in [2.05, 4.69) is 9.97 Å². The number of rotatable bonds is 9. The fourth-order valence-corrected chi connectivity index (χ4v) is 3.44. The molecule has 1 aromatic heterocycles. The van der Waals surface area contributed by atoms with Gasteiger partial charge in [-0.25, -0.2) is 4.79 Å². The van der Waals surface area contributed by atoms with Gasteiger partial charge in [-0.05, 0) is 24.0 Å². The van der Waals surface area contributed by atoms with E-state index in [0.29, 0.717) is 11.1 Å². The molecule has 30 heavy (non-hydrogen) atoms. The molecular formula is C22H24N2O6. The fourth-order valence-electron chi connectivity index (χ4n) is 3.44. The van der Waals surface area contributed by atoms with E-state index in [1.165, 1.54) is 27.4 Å². The average Bonchev–Trinajstić information content (AvgIpc) is 2.80. The molecule has 0 aliphatic heterocycles. The summed E-state index contributed by atoms with van der Waals surface area (Å²) >= 11 is 0. The molecule has 1 aliphatic rings. The summed E-state index contributed by atoms with van der Waals surface area (Å²) in [7, 11) is 4.32. The minimum absolute atomic E-state index is 0.181. The molecule has 0 fully saturated rings. The first kappa shape index (κ1) is 21.3. The number of carboxylic acids is 1. The molecule has 0 saturated heterocycles. The van der Waals surface area contributed by atoms with Crippen LogP contribution in [-0.2, 0) is 15.1 Å². The Morgan fingerprint density at radius 3 is 2.23 bits per heavy atom. The summed E-state index contributed by atoms with van der Waals surface area (Å²) in [6.07, 6.45) is 5.95. The zero-order valence-corrected chi connectivity index (χ0v) is 17.1. The Kier molecular flexibility index (Phi) is 6.68. The number of carboxylic acid groups (broad SMARTS) is 1. The Bertz CT molecular complexity index is 922. The normalized spacial score (nSPS) is 16.2. The van der Waals surface area contributed by atoms with Crippen LogP contribution in [0.25, 0.3) is 0 Å². The van der Waals surface area contributed by atoms with Crippen molar-refractivity contribution >= 4 is 5.97 Å². The van der Waals surface area contributed by atoms with Gasteiger partial charge >= 0.3 is 12.0 Å². The van der Waals surface area contributed by atoms with Crippen molar-refractivity contribution in [2.75, 3.05) is 21.3 Å². The van der Waals surface area contributed by atoms with Crippen molar-refractivity contribution < 1.29 is 28.8 Å². The van der Waals surface area contributed by atoms with Gasteiger partial charge in [0.15, 0.2) is 5.60 Å². The summed E-state index contributed by atoms with van der Waals surface area (Å²) < 4.78 is 22.1. The third kappa shape index (κ3) is 4.13. The van der Waals surface area contributed by atoms with E-state index >= 15 is 0 Å². The Balaban J connectivity index is 2.15. The van der Waals surface area contributed by atoms with E-state index in [1.807, 2.05) is 36.4 Å². The predicted molar refractivity (Wildman–Crippen MR) is 109 cm³/mol. The summed E-state index contributed by atoms with van der Waals surface area (Å²) in [4.78, 5) is 20.7. The van der Waals surface area contributed by atoms with Crippen molar-refractivity contribution in [3.63, 3.8) is 0 Å². The van der Waals surface area contributed by atoms with Crippen molar-refractivity contribution in [2.45, 2.75) is 24.5 Å². The maximum Gasteiger partial charge on any atom is 0.348 e. The Morgan fingerprint density at radius 2 is 1.73 bits per heavy atom. The first-order valence-corrected chi connectivity index (χ1v) is 9.39. The summed E-state index contributed by atoms with van der Waals surface area (Å²) in [5, 5.41) is 10.2. The van der Waals surface area contributed by atoms with E-state index in [4.69, 9.17) is 18.9 Å². The first-order chi connectivity index (χ1) is 14.5. The van der Waals surface area contributed by atoms with Crippen LogP contribution in [0.1, 0.15) is 18.4 Å². The van der Waals surface area contributed by atoms with E-state index < -0.39 is 17.7 Å². The molecule has 0 bridgehead atoms. The van der Waals surface area contributed by atoms with Gasteiger partial charge in [0.05, 0.1) is 20.3 Å². The van der Waals surface area contributed by atoms with Crippen LogP contribution < -0.4 is 14.2 Å². The van der Waals surface area contributed by atoms with Gasteiger partial charge in [0.1, 0.15) is 0 Å². The van der Waals surface area contributed by atoms with Crippen LogP contribution in [-0.4, -0.2) is 48.5 Å². The van der Waals surface area contributed by atoms with Gasteiger partial charge in [-0.2, -0.15) is 9.97 Å². The van der Waals surface area contributed by atoms with Crippen LogP contribution in [0, 0.1) is 0 Å². The number of benzene rings is 1. The molecule has 1 aliphatic carbocycles. The Hall–Kier alpha value is -3.39. The third-order valence-corrected chi connectivity index (χ3v) is 4.84. The smallest absolute Gasteiger partial charge is 0.348 e. The van der Waals surface area contributed by atoms with Crippen molar-refractivity contribution in [1.29, 1.82) is 0 Å².